The van der Waals surface area contributed by atoms with Crippen molar-refractivity contribution in [2.45, 2.75) is 108 Å². The van der Waals surface area contributed by atoms with Gasteiger partial charge in [-0.3, -0.25) is 0 Å². The molecule has 5 aliphatic rings. The first-order valence-corrected chi connectivity index (χ1v) is 10.9. The van der Waals surface area contributed by atoms with E-state index in [1.54, 1.807) is 0 Å². The lowest BCUT2D eigenvalue weighted by Gasteiger charge is -2.51. The summed E-state index contributed by atoms with van der Waals surface area (Å²) < 4.78 is 12.8. The summed E-state index contributed by atoms with van der Waals surface area (Å²) in [5, 5.41) is 45.5. The maximum absolute atomic E-state index is 12.1. The normalized spacial score (nSPS) is 64.8. The lowest BCUT2D eigenvalue weighted by Crippen LogP contribution is -2.60. The van der Waals surface area contributed by atoms with Gasteiger partial charge in [-0.25, -0.2) is 0 Å². The van der Waals surface area contributed by atoms with Gasteiger partial charge in [0.2, 0.25) is 0 Å². The van der Waals surface area contributed by atoms with Crippen LogP contribution in [0.15, 0.2) is 0 Å². The largest absolute Gasteiger partial charge is 0.392 e. The van der Waals surface area contributed by atoms with Crippen molar-refractivity contribution in [3.05, 3.63) is 0 Å². The van der Waals surface area contributed by atoms with Gasteiger partial charge < -0.3 is 29.9 Å². The van der Waals surface area contributed by atoms with E-state index >= 15 is 0 Å². The molecule has 1 aliphatic heterocycles. The van der Waals surface area contributed by atoms with Crippen LogP contribution in [0.1, 0.15) is 66.7 Å². The first-order chi connectivity index (χ1) is 12.8. The maximum atomic E-state index is 12.1. The van der Waals surface area contributed by atoms with E-state index in [-0.39, 0.29) is 23.9 Å². The van der Waals surface area contributed by atoms with Gasteiger partial charge in [0, 0.05) is 22.7 Å². The topological polar surface area (TPSA) is 99.4 Å². The lowest BCUT2D eigenvalue weighted by atomic mass is 9.57. The first kappa shape index (κ1) is 19.7. The van der Waals surface area contributed by atoms with E-state index in [0.717, 1.165) is 6.42 Å². The Labute approximate surface area is 167 Å². The van der Waals surface area contributed by atoms with Crippen LogP contribution in [0.25, 0.3) is 0 Å². The van der Waals surface area contributed by atoms with E-state index in [0.29, 0.717) is 25.7 Å². The molecular weight excluding hydrogens is 360 g/mol. The predicted octanol–water partition coefficient (Wildman–Crippen LogP) is 1.58. The second-order valence-electron chi connectivity index (χ2n) is 11.5. The highest BCUT2D eigenvalue weighted by atomic mass is 16.7. The molecule has 0 aromatic rings. The van der Waals surface area contributed by atoms with Crippen LogP contribution in [-0.2, 0) is 9.47 Å². The molecule has 2 spiro atoms. The Kier molecular flexibility index (Phi) is 3.75. The number of aliphatic hydroxyl groups is 4. The Balaban J connectivity index is 1.72. The zero-order chi connectivity index (χ0) is 20.5. The molecule has 11 atom stereocenters. The molecule has 5 fully saturated rings. The van der Waals surface area contributed by atoms with Crippen molar-refractivity contribution in [3.8, 4) is 0 Å². The van der Waals surface area contributed by atoms with E-state index in [2.05, 4.69) is 0 Å². The van der Waals surface area contributed by atoms with Crippen LogP contribution in [0.3, 0.4) is 0 Å². The first-order valence-electron chi connectivity index (χ1n) is 10.9. The molecule has 6 nitrogen and oxygen atoms in total. The van der Waals surface area contributed by atoms with Gasteiger partial charge in [0.25, 0.3) is 0 Å². The van der Waals surface area contributed by atoms with Gasteiger partial charge in [-0.15, -0.1) is 0 Å². The molecule has 28 heavy (non-hydrogen) atoms. The van der Waals surface area contributed by atoms with E-state index in [1.807, 2.05) is 34.6 Å². The molecule has 2 bridgehead atoms. The van der Waals surface area contributed by atoms with Crippen LogP contribution >= 0.6 is 0 Å². The van der Waals surface area contributed by atoms with Crippen LogP contribution in [0.4, 0.5) is 0 Å². The summed E-state index contributed by atoms with van der Waals surface area (Å²) in [4.78, 5) is 0. The number of aliphatic hydroxyl groups excluding tert-OH is 2. The Morgan fingerprint density at radius 1 is 0.964 bits per heavy atom. The molecule has 4 N–H and O–H groups in total. The SMILES string of the molecule is CC1O[C@@H]2CC34C[C@@](C)(O)C(CC[C@H]3[C@@](C)(O)[C@@H]3C[C@H](O)C(C)(C)C32O1)[C@@H]4O. The van der Waals surface area contributed by atoms with Gasteiger partial charge in [0.05, 0.1) is 29.5 Å². The molecule has 0 amide bonds. The molecule has 6 heteroatoms. The third kappa shape index (κ3) is 1.96. The van der Waals surface area contributed by atoms with Gasteiger partial charge in [0.1, 0.15) is 5.60 Å². The molecule has 4 unspecified atom stereocenters. The number of fused-ring (bicyclic) bond motifs is 1. The summed E-state index contributed by atoms with van der Waals surface area (Å²) in [7, 11) is 0. The zero-order valence-electron chi connectivity index (χ0n) is 17.7. The van der Waals surface area contributed by atoms with Crippen LogP contribution in [-0.4, -0.2) is 61.8 Å². The highest BCUT2D eigenvalue weighted by Crippen LogP contribution is 2.72. The Hall–Kier alpha value is -0.240. The van der Waals surface area contributed by atoms with Gasteiger partial charge in [0.15, 0.2) is 6.29 Å². The quantitative estimate of drug-likeness (QED) is 0.496. The molecule has 5 rings (SSSR count). The zero-order valence-corrected chi connectivity index (χ0v) is 17.7. The smallest absolute Gasteiger partial charge is 0.156 e. The third-order valence-electron chi connectivity index (χ3n) is 9.90. The van der Waals surface area contributed by atoms with Gasteiger partial charge in [-0.2, -0.15) is 0 Å². The number of rotatable bonds is 0. The van der Waals surface area contributed by atoms with Gasteiger partial charge in [-0.1, -0.05) is 13.8 Å². The summed E-state index contributed by atoms with van der Waals surface area (Å²) in [6, 6.07) is 0. The summed E-state index contributed by atoms with van der Waals surface area (Å²) in [6.45, 7) is 9.60. The van der Waals surface area contributed by atoms with Crippen molar-refractivity contribution >= 4 is 0 Å². The third-order valence-corrected chi connectivity index (χ3v) is 9.90. The Bertz CT molecular complexity index is 689. The fourth-order valence-corrected chi connectivity index (χ4v) is 8.73. The van der Waals surface area contributed by atoms with Crippen LogP contribution < -0.4 is 0 Å². The molecule has 0 radical (unpaired) electrons. The second-order valence-corrected chi connectivity index (χ2v) is 11.5. The maximum Gasteiger partial charge on any atom is 0.156 e. The van der Waals surface area contributed by atoms with Crippen molar-refractivity contribution < 1.29 is 29.9 Å². The highest BCUT2D eigenvalue weighted by molar-refractivity contribution is 5.27. The van der Waals surface area contributed by atoms with Crippen molar-refractivity contribution in [1.82, 2.24) is 0 Å². The van der Waals surface area contributed by atoms with Gasteiger partial charge in [-0.05, 0) is 58.8 Å². The molecular formula is C22H36O6. The van der Waals surface area contributed by atoms with Crippen molar-refractivity contribution in [3.63, 3.8) is 0 Å². The highest BCUT2D eigenvalue weighted by Gasteiger charge is 2.79. The second kappa shape index (κ2) is 5.32. The molecule has 4 saturated carbocycles. The van der Waals surface area contributed by atoms with Crippen LogP contribution in [0.5, 0.6) is 0 Å². The molecule has 1 saturated heterocycles. The van der Waals surface area contributed by atoms with Crippen LogP contribution in [0.2, 0.25) is 0 Å². The Morgan fingerprint density at radius 3 is 2.32 bits per heavy atom. The number of hydrogen-bond acceptors (Lipinski definition) is 6. The monoisotopic (exact) mass is 396 g/mol. The molecule has 0 aromatic heterocycles. The fraction of sp³-hybridized carbons (Fsp3) is 1.00. The minimum Gasteiger partial charge on any atom is -0.392 e. The van der Waals surface area contributed by atoms with Crippen molar-refractivity contribution in [1.29, 1.82) is 0 Å². The molecule has 4 aliphatic carbocycles. The Morgan fingerprint density at radius 2 is 1.64 bits per heavy atom. The van der Waals surface area contributed by atoms with Crippen molar-refractivity contribution in [2.24, 2.45) is 28.6 Å². The number of ether oxygens (including phenoxy) is 2. The van der Waals surface area contributed by atoms with Crippen LogP contribution in [0, 0.1) is 28.6 Å². The summed E-state index contributed by atoms with van der Waals surface area (Å²) >= 11 is 0. The number of hydrogen-bond donors (Lipinski definition) is 4. The van der Waals surface area contributed by atoms with E-state index in [9.17, 15) is 20.4 Å². The van der Waals surface area contributed by atoms with Crippen molar-refractivity contribution in [2.75, 3.05) is 0 Å². The van der Waals surface area contributed by atoms with E-state index < -0.39 is 46.1 Å². The molecule has 1 heterocycles. The molecule has 0 aromatic carbocycles. The summed E-state index contributed by atoms with van der Waals surface area (Å²) in [6.07, 6.45) is 0.887. The average molecular weight is 397 g/mol. The minimum absolute atomic E-state index is 0.170. The van der Waals surface area contributed by atoms with Gasteiger partial charge >= 0.3 is 0 Å². The molecule has 160 valence electrons. The average Bonchev–Trinajstić information content (AvgIpc) is 2.99. The lowest BCUT2D eigenvalue weighted by molar-refractivity contribution is -0.198. The standard InChI is InChI=1S/C22H36O6/c1-11-27-16-9-21-10-19(4,25)12(17(21)24)6-7-13(21)20(5,26)14-8-15(23)18(2,3)22(14,16)28-11/h11-17,23-26H,6-10H2,1-5H3/t11?,12?,13-,14-,15-,16+,17-,19+,20+,21?,22?/m0/s1. The summed E-state index contributed by atoms with van der Waals surface area (Å²) in [5.74, 6) is -0.637. The van der Waals surface area contributed by atoms with E-state index in [4.69, 9.17) is 9.47 Å². The minimum atomic E-state index is -1.14. The fourth-order valence-electron chi connectivity index (χ4n) is 8.73. The summed E-state index contributed by atoms with van der Waals surface area (Å²) in [5.41, 5.74) is -4.09. The van der Waals surface area contributed by atoms with E-state index in [1.165, 1.54) is 0 Å². The predicted molar refractivity (Wildman–Crippen MR) is 101 cm³/mol.